The molecule has 3 heteroatoms. The van der Waals surface area contributed by atoms with Gasteiger partial charge in [0.2, 0.25) is 0 Å². The van der Waals surface area contributed by atoms with Gasteiger partial charge < -0.3 is 9.94 Å². The second-order valence-electron chi connectivity index (χ2n) is 5.15. The van der Waals surface area contributed by atoms with Crippen LogP contribution < -0.4 is 0 Å². The third-order valence-electron chi connectivity index (χ3n) is 3.26. The third-order valence-corrected chi connectivity index (χ3v) is 3.26. The highest BCUT2D eigenvalue weighted by molar-refractivity contribution is 5.88. The molecule has 1 N–H and O–H groups in total. The Balaban J connectivity index is 2.66. The third kappa shape index (κ3) is 2.47. The minimum atomic E-state index is 0.0120. The van der Waals surface area contributed by atoms with E-state index >= 15 is 0 Å². The molecule has 0 saturated heterocycles. The topological polar surface area (TPSA) is 41.8 Å². The molecule has 0 heterocycles. The van der Waals surface area contributed by atoms with Crippen molar-refractivity contribution in [3.05, 3.63) is 0 Å². The van der Waals surface area contributed by atoms with Gasteiger partial charge >= 0.3 is 0 Å². The van der Waals surface area contributed by atoms with Crippen LogP contribution in [0.4, 0.5) is 0 Å². The van der Waals surface area contributed by atoms with Crippen LogP contribution in [0, 0.1) is 11.3 Å². The van der Waals surface area contributed by atoms with Gasteiger partial charge in [0.05, 0.1) is 11.8 Å². The molecule has 0 aromatic carbocycles. The highest BCUT2D eigenvalue weighted by atomic mass is 16.5. The number of hydrogen-bond acceptors (Lipinski definition) is 3. The lowest BCUT2D eigenvalue weighted by Gasteiger charge is -2.37. The van der Waals surface area contributed by atoms with Gasteiger partial charge in [-0.1, -0.05) is 25.9 Å². The van der Waals surface area contributed by atoms with E-state index in [1.54, 1.807) is 7.11 Å². The van der Waals surface area contributed by atoms with Crippen molar-refractivity contribution in [1.29, 1.82) is 0 Å². The van der Waals surface area contributed by atoms with E-state index in [1.165, 1.54) is 0 Å². The van der Waals surface area contributed by atoms with Gasteiger partial charge in [0.1, 0.15) is 0 Å². The van der Waals surface area contributed by atoms with Crippen molar-refractivity contribution >= 4 is 5.71 Å². The van der Waals surface area contributed by atoms with Gasteiger partial charge in [0.15, 0.2) is 0 Å². The summed E-state index contributed by atoms with van der Waals surface area (Å²) < 4.78 is 5.33. The molecule has 0 unspecified atom stereocenters. The van der Waals surface area contributed by atoms with E-state index in [2.05, 4.69) is 25.9 Å². The summed E-state index contributed by atoms with van der Waals surface area (Å²) in [4.78, 5) is 0. The maximum Gasteiger partial charge on any atom is 0.0988 e. The number of rotatable bonds is 1. The summed E-state index contributed by atoms with van der Waals surface area (Å²) >= 11 is 0. The van der Waals surface area contributed by atoms with E-state index in [0.717, 1.165) is 25.0 Å². The van der Waals surface area contributed by atoms with Crippen LogP contribution >= 0.6 is 0 Å². The molecule has 0 aromatic rings. The van der Waals surface area contributed by atoms with E-state index in [4.69, 9.17) is 9.94 Å². The van der Waals surface area contributed by atoms with E-state index in [0.29, 0.717) is 11.3 Å². The van der Waals surface area contributed by atoms with Crippen molar-refractivity contribution in [2.24, 2.45) is 16.5 Å². The standard InChI is InChI=1S/C11H21NO2/c1-11(2,3)8-5-6-9(12-13)10(7-8)14-4/h8,10,13H,5-7H2,1-4H3/b12-9+/t8-,10-/m1/s1. The molecule has 2 atom stereocenters. The Bertz CT molecular complexity index is 218. The number of ether oxygens (including phenoxy) is 1. The summed E-state index contributed by atoms with van der Waals surface area (Å²) in [6, 6.07) is 0. The lowest BCUT2D eigenvalue weighted by atomic mass is 9.71. The van der Waals surface area contributed by atoms with E-state index in [9.17, 15) is 0 Å². The number of nitrogens with zero attached hydrogens (tertiary/aromatic N) is 1. The second kappa shape index (κ2) is 4.30. The van der Waals surface area contributed by atoms with Crippen LogP contribution in [0.1, 0.15) is 40.0 Å². The van der Waals surface area contributed by atoms with Gasteiger partial charge in [-0.2, -0.15) is 0 Å². The largest absolute Gasteiger partial charge is 0.411 e. The molecule has 0 bridgehead atoms. The molecule has 82 valence electrons. The van der Waals surface area contributed by atoms with Crippen LogP contribution in [-0.4, -0.2) is 24.1 Å². The normalized spacial score (nSPS) is 32.1. The Kier molecular flexibility index (Phi) is 3.53. The van der Waals surface area contributed by atoms with Gasteiger partial charge in [-0.15, -0.1) is 0 Å². The molecule has 0 radical (unpaired) electrons. The summed E-state index contributed by atoms with van der Waals surface area (Å²) in [6.07, 6.45) is 2.94. The summed E-state index contributed by atoms with van der Waals surface area (Å²) in [6.45, 7) is 6.77. The fraction of sp³-hybridized carbons (Fsp3) is 0.909. The SMILES string of the molecule is CO[C@@H]1C[C@H](C(C)(C)C)CC/C1=N\O. The zero-order valence-corrected chi connectivity index (χ0v) is 9.58. The zero-order valence-electron chi connectivity index (χ0n) is 9.58. The first-order valence-corrected chi connectivity index (χ1v) is 5.22. The maximum atomic E-state index is 8.79. The molecule has 0 amide bonds. The van der Waals surface area contributed by atoms with Crippen molar-refractivity contribution < 1.29 is 9.94 Å². The summed E-state index contributed by atoms with van der Waals surface area (Å²) in [5.41, 5.74) is 1.12. The summed E-state index contributed by atoms with van der Waals surface area (Å²) in [7, 11) is 1.68. The highest BCUT2D eigenvalue weighted by Gasteiger charge is 2.34. The fourth-order valence-corrected chi connectivity index (χ4v) is 2.13. The van der Waals surface area contributed by atoms with Crippen molar-refractivity contribution in [1.82, 2.24) is 0 Å². The monoisotopic (exact) mass is 199 g/mol. The molecule has 1 rings (SSSR count). The Morgan fingerprint density at radius 1 is 1.43 bits per heavy atom. The summed E-state index contributed by atoms with van der Waals surface area (Å²) in [5.74, 6) is 0.651. The highest BCUT2D eigenvalue weighted by Crippen LogP contribution is 2.37. The van der Waals surface area contributed by atoms with Gasteiger partial charge in [0, 0.05) is 7.11 Å². The number of hydrogen-bond donors (Lipinski definition) is 1. The van der Waals surface area contributed by atoms with Crippen LogP contribution in [0.25, 0.3) is 0 Å². The Labute approximate surface area is 86.1 Å². The zero-order chi connectivity index (χ0) is 10.8. The molecule has 1 saturated carbocycles. The number of methoxy groups -OCH3 is 1. The molecule has 0 spiro atoms. The first-order valence-electron chi connectivity index (χ1n) is 5.22. The van der Waals surface area contributed by atoms with Gasteiger partial charge in [-0.05, 0) is 30.6 Å². The van der Waals surface area contributed by atoms with Crippen LogP contribution in [-0.2, 0) is 4.74 Å². The Morgan fingerprint density at radius 2 is 2.07 bits per heavy atom. The minimum Gasteiger partial charge on any atom is -0.411 e. The van der Waals surface area contributed by atoms with Crippen LogP contribution in [0.5, 0.6) is 0 Å². The molecule has 0 aliphatic heterocycles. The van der Waals surface area contributed by atoms with Gasteiger partial charge in [0.25, 0.3) is 0 Å². The maximum absolute atomic E-state index is 8.79. The van der Waals surface area contributed by atoms with Crippen LogP contribution in [0.2, 0.25) is 0 Å². The van der Waals surface area contributed by atoms with Crippen molar-refractivity contribution in [3.8, 4) is 0 Å². The molecule has 1 aliphatic carbocycles. The van der Waals surface area contributed by atoms with Gasteiger partial charge in [-0.3, -0.25) is 0 Å². The Morgan fingerprint density at radius 3 is 2.50 bits per heavy atom. The molecule has 1 fully saturated rings. The average molecular weight is 199 g/mol. The van der Waals surface area contributed by atoms with Crippen molar-refractivity contribution in [2.45, 2.75) is 46.1 Å². The van der Waals surface area contributed by atoms with E-state index in [1.807, 2.05) is 0 Å². The van der Waals surface area contributed by atoms with Gasteiger partial charge in [-0.25, -0.2) is 0 Å². The van der Waals surface area contributed by atoms with E-state index in [-0.39, 0.29) is 6.10 Å². The molecular weight excluding hydrogens is 178 g/mol. The van der Waals surface area contributed by atoms with Crippen molar-refractivity contribution in [3.63, 3.8) is 0 Å². The summed E-state index contributed by atoms with van der Waals surface area (Å²) in [5, 5.41) is 12.1. The van der Waals surface area contributed by atoms with Crippen LogP contribution in [0.3, 0.4) is 0 Å². The van der Waals surface area contributed by atoms with E-state index < -0.39 is 0 Å². The minimum absolute atomic E-state index is 0.0120. The lowest BCUT2D eigenvalue weighted by Crippen LogP contribution is -2.36. The second-order valence-corrected chi connectivity index (χ2v) is 5.15. The van der Waals surface area contributed by atoms with Crippen molar-refractivity contribution in [2.75, 3.05) is 7.11 Å². The smallest absolute Gasteiger partial charge is 0.0988 e. The average Bonchev–Trinajstić information content (AvgIpc) is 2.15. The predicted octanol–water partition coefficient (Wildman–Crippen LogP) is 2.68. The Hall–Kier alpha value is -0.570. The molecule has 1 aliphatic rings. The fourth-order valence-electron chi connectivity index (χ4n) is 2.13. The molecule has 0 aromatic heterocycles. The lowest BCUT2D eigenvalue weighted by molar-refractivity contribution is 0.0802. The number of oxime groups is 1. The predicted molar refractivity (Wildman–Crippen MR) is 56.8 cm³/mol. The molecular formula is C11H21NO2. The van der Waals surface area contributed by atoms with Crippen LogP contribution in [0.15, 0.2) is 5.16 Å². The first-order chi connectivity index (χ1) is 6.49. The molecule has 14 heavy (non-hydrogen) atoms. The molecule has 3 nitrogen and oxygen atoms in total. The quantitative estimate of drug-likeness (QED) is 0.521. The first kappa shape index (κ1) is 11.5.